The Bertz CT molecular complexity index is 905. The number of fused-ring (bicyclic) bond motifs is 6. The summed E-state index contributed by atoms with van der Waals surface area (Å²) >= 11 is 0. The van der Waals surface area contributed by atoms with Crippen LogP contribution >= 0.6 is 0 Å². The zero-order chi connectivity index (χ0) is 39.2. The van der Waals surface area contributed by atoms with Gasteiger partial charge in [0.25, 0.3) is 0 Å². The van der Waals surface area contributed by atoms with Gasteiger partial charge in [-0.3, -0.25) is 0 Å². The molecule has 0 N–H and O–H groups in total. The highest BCUT2D eigenvalue weighted by atomic mass is 14.5. The zero-order valence-electron chi connectivity index (χ0n) is 39.2. The molecule has 0 unspecified atom stereocenters. The third-order valence-corrected chi connectivity index (χ3v) is 19.9. The van der Waals surface area contributed by atoms with Gasteiger partial charge in [-0.05, 0) is 173 Å². The van der Waals surface area contributed by atoms with Gasteiger partial charge in [-0.25, -0.2) is 0 Å². The standard InChI is InChI=1S/C10H16.C9H14.C8H14.C7H12.C6H10.C6H12.C5H10.C4H8.C3H6/c1-7-2-9-4-8(1)5-10(3-7)6-9;1-6-2-8-4-7(1)5-9(8)3-6;1-2-8-5-3-7(1)4-6-8;1-2-7-4-3-6(1)5-7;1-2-6-3-5(1)4-6;1-2-4-6-5-3-1;1-2-4-5-3-1;1-2-4-3-1;1-2-3-1/h7-10H,1-6H2;6-9H,1-5H2;7-8H,1-6H2;6-7H,1-5H2;5-6H,1-4H2;1-6H2;1-5H2;1-4H2;1-3H2. The first kappa shape index (κ1) is 44.6. The van der Waals surface area contributed by atoms with E-state index in [4.69, 9.17) is 0 Å². The maximum absolute atomic E-state index is 1.61. The summed E-state index contributed by atoms with van der Waals surface area (Å²) in [5.41, 5.74) is 0. The lowest BCUT2D eigenvalue weighted by Crippen LogP contribution is -2.38. The van der Waals surface area contributed by atoms with E-state index in [0.29, 0.717) is 0 Å². The van der Waals surface area contributed by atoms with Crippen LogP contribution < -0.4 is 0 Å². The quantitative estimate of drug-likeness (QED) is 0.229. The zero-order valence-corrected chi connectivity index (χ0v) is 39.2. The molecule has 20 saturated carbocycles. The van der Waals surface area contributed by atoms with E-state index >= 15 is 0 Å². The first-order valence-electron chi connectivity index (χ1n) is 28.7. The molecule has 0 aliphatic heterocycles. The second-order valence-corrected chi connectivity index (χ2v) is 25.0. The minimum Gasteiger partial charge on any atom is -0.0533 e. The van der Waals surface area contributed by atoms with E-state index in [-0.39, 0.29) is 0 Å². The van der Waals surface area contributed by atoms with Gasteiger partial charge in [-0.15, -0.1) is 0 Å². The molecule has 0 radical (unpaired) electrons. The summed E-state index contributed by atoms with van der Waals surface area (Å²) in [7, 11) is 0. The summed E-state index contributed by atoms with van der Waals surface area (Å²) in [5, 5.41) is 0. The smallest absolute Gasteiger partial charge is 0.0380 e. The molecular formula is C58H102. The second kappa shape index (κ2) is 24.2. The highest BCUT2D eigenvalue weighted by Crippen LogP contribution is 2.58. The maximum Gasteiger partial charge on any atom is -0.0380 e. The summed E-state index contributed by atoms with van der Waals surface area (Å²) in [6.45, 7) is 0. The Hall–Kier alpha value is 0. The average molecular weight is 799 g/mol. The molecule has 20 aliphatic carbocycles. The van der Waals surface area contributed by atoms with E-state index in [2.05, 4.69) is 0 Å². The molecule has 0 aromatic heterocycles. The highest BCUT2D eigenvalue weighted by molar-refractivity contribution is 4.98. The topological polar surface area (TPSA) is 0 Å². The van der Waals surface area contributed by atoms with Crippen LogP contribution in [0.1, 0.15) is 283 Å². The van der Waals surface area contributed by atoms with Crippen LogP contribution in [0.3, 0.4) is 0 Å². The van der Waals surface area contributed by atoms with Crippen LogP contribution in [-0.2, 0) is 0 Å². The fourth-order valence-corrected chi connectivity index (χ4v) is 16.2. The second-order valence-electron chi connectivity index (χ2n) is 25.0. The summed E-state index contributed by atoms with van der Waals surface area (Å²) in [5.74, 6) is 16.5. The Balaban J connectivity index is 0.0000000928. The normalized spacial score (nSPS) is 44.3. The van der Waals surface area contributed by atoms with Gasteiger partial charge in [0.1, 0.15) is 0 Å². The predicted octanol–water partition coefficient (Wildman–Crippen LogP) is 18.9. The molecule has 0 heterocycles. The van der Waals surface area contributed by atoms with Crippen LogP contribution in [-0.4, -0.2) is 0 Å². The molecule has 334 valence electrons. The molecule has 0 saturated heterocycles. The Labute approximate surface area is 363 Å². The Morgan fingerprint density at radius 1 is 0.121 bits per heavy atom. The van der Waals surface area contributed by atoms with Crippen molar-refractivity contribution in [1.82, 2.24) is 0 Å². The van der Waals surface area contributed by atoms with E-state index < -0.39 is 0 Å². The molecule has 14 bridgehead atoms. The van der Waals surface area contributed by atoms with Crippen molar-refractivity contribution in [2.75, 3.05) is 0 Å². The SMILES string of the molecule is C1C2CC3CC1CC(C2)C3.C1C2CC3CC1CC3C2.C1CC1.C1CC2CC1C2.C1CC2CCC1C2.C1CC2CCC1CC2.C1CCC1.C1CCCC1.C1CCCCC1. The fraction of sp³-hybridized carbons (Fsp3) is 1.00. The molecule has 0 nitrogen and oxygen atoms in total. The van der Waals surface area contributed by atoms with Crippen LogP contribution in [0, 0.1) is 82.9 Å². The van der Waals surface area contributed by atoms with Crippen LogP contribution in [0.2, 0.25) is 0 Å². The molecule has 0 amide bonds. The highest BCUT2D eigenvalue weighted by Gasteiger charge is 2.47. The fourth-order valence-electron chi connectivity index (χ4n) is 16.2. The van der Waals surface area contributed by atoms with E-state index in [9.17, 15) is 0 Å². The van der Waals surface area contributed by atoms with Gasteiger partial charge in [0, 0.05) is 0 Å². The van der Waals surface area contributed by atoms with Crippen LogP contribution in [0.5, 0.6) is 0 Å². The van der Waals surface area contributed by atoms with Gasteiger partial charge < -0.3 is 0 Å². The van der Waals surface area contributed by atoms with Gasteiger partial charge in [-0.1, -0.05) is 193 Å². The molecule has 0 spiro atoms. The molecule has 58 heavy (non-hydrogen) atoms. The van der Waals surface area contributed by atoms with Crippen molar-refractivity contribution in [3.63, 3.8) is 0 Å². The molecule has 20 fully saturated rings. The molecule has 20 aliphatic rings. The van der Waals surface area contributed by atoms with Crippen molar-refractivity contribution in [1.29, 1.82) is 0 Å². The maximum atomic E-state index is 1.61. The molecule has 20 rings (SSSR count). The third kappa shape index (κ3) is 15.1. The Morgan fingerprint density at radius 2 is 0.276 bits per heavy atom. The van der Waals surface area contributed by atoms with Crippen molar-refractivity contribution >= 4 is 0 Å². The van der Waals surface area contributed by atoms with E-state index in [0.717, 1.165) is 11.8 Å². The van der Waals surface area contributed by atoms with Gasteiger partial charge in [-0.2, -0.15) is 0 Å². The molecular weight excluding hydrogens is 697 g/mol. The minimum atomic E-state index is 1.15. The van der Waals surface area contributed by atoms with Gasteiger partial charge in [0.2, 0.25) is 0 Å². The Kier molecular flexibility index (Phi) is 18.6. The number of hydrogen-bond donors (Lipinski definition) is 0. The van der Waals surface area contributed by atoms with Crippen molar-refractivity contribution < 1.29 is 0 Å². The first-order chi connectivity index (χ1) is 28.7. The van der Waals surface area contributed by atoms with E-state index in [1.807, 2.05) is 0 Å². The van der Waals surface area contributed by atoms with E-state index in [1.54, 1.807) is 167 Å². The van der Waals surface area contributed by atoms with Crippen molar-refractivity contribution in [3.05, 3.63) is 0 Å². The van der Waals surface area contributed by atoms with E-state index in [1.165, 1.54) is 187 Å². The van der Waals surface area contributed by atoms with Gasteiger partial charge >= 0.3 is 0 Å². The van der Waals surface area contributed by atoms with Crippen LogP contribution in [0.15, 0.2) is 0 Å². The van der Waals surface area contributed by atoms with Crippen LogP contribution in [0.25, 0.3) is 0 Å². The average Bonchev–Trinajstić information content (AvgIpc) is 3.92. The summed E-state index contributed by atoms with van der Waals surface area (Å²) in [4.78, 5) is 0. The largest absolute Gasteiger partial charge is 0.0533 e. The lowest BCUT2D eigenvalue weighted by Gasteiger charge is -2.49. The first-order valence-corrected chi connectivity index (χ1v) is 28.7. The third-order valence-electron chi connectivity index (χ3n) is 19.9. The van der Waals surface area contributed by atoms with Gasteiger partial charge in [0.15, 0.2) is 0 Å². The number of rotatable bonds is 0. The summed E-state index contributed by atoms with van der Waals surface area (Å²) < 4.78 is 0. The Morgan fingerprint density at radius 3 is 0.414 bits per heavy atom. The van der Waals surface area contributed by atoms with Gasteiger partial charge in [0.05, 0.1) is 0 Å². The lowest BCUT2D eigenvalue weighted by molar-refractivity contribution is 0.0198. The lowest BCUT2D eigenvalue weighted by atomic mass is 9.56. The van der Waals surface area contributed by atoms with Crippen LogP contribution in [0.4, 0.5) is 0 Å². The van der Waals surface area contributed by atoms with Crippen molar-refractivity contribution in [2.24, 2.45) is 82.9 Å². The monoisotopic (exact) mass is 799 g/mol. The molecule has 0 atom stereocenters. The minimum absolute atomic E-state index is 1.15. The molecule has 0 aromatic rings. The predicted molar refractivity (Wildman–Crippen MR) is 252 cm³/mol. The summed E-state index contributed by atoms with van der Waals surface area (Å²) in [6.07, 6.45) is 68.2. The molecule has 0 heteroatoms. The number of hydrogen-bond acceptors (Lipinski definition) is 0. The summed E-state index contributed by atoms with van der Waals surface area (Å²) in [6, 6.07) is 0. The molecule has 0 aromatic carbocycles. The van der Waals surface area contributed by atoms with Crippen molar-refractivity contribution in [3.8, 4) is 0 Å². The van der Waals surface area contributed by atoms with Crippen molar-refractivity contribution in [2.45, 2.75) is 283 Å².